The summed E-state index contributed by atoms with van der Waals surface area (Å²) >= 11 is 0. The number of hydrogen-bond donors (Lipinski definition) is 0. The summed E-state index contributed by atoms with van der Waals surface area (Å²) in [6.45, 7) is 5.79. The van der Waals surface area contributed by atoms with Gasteiger partial charge < -0.3 is 4.90 Å². The highest BCUT2D eigenvalue weighted by atomic mass is 19.1. The zero-order valence-corrected chi connectivity index (χ0v) is 13.4. The molecule has 1 saturated heterocycles. The Hall–Kier alpha value is -2.24. The predicted molar refractivity (Wildman–Crippen MR) is 85.9 cm³/mol. The van der Waals surface area contributed by atoms with Crippen LogP contribution in [0, 0.1) is 11.7 Å². The average Bonchev–Trinajstić information content (AvgIpc) is 2.56. The maximum Gasteiger partial charge on any atom is 0.278 e. The van der Waals surface area contributed by atoms with Crippen LogP contribution in [-0.4, -0.2) is 33.7 Å². The van der Waals surface area contributed by atoms with Crippen molar-refractivity contribution in [1.29, 1.82) is 0 Å². The third kappa shape index (κ3) is 2.85. The molecule has 23 heavy (non-hydrogen) atoms. The van der Waals surface area contributed by atoms with Crippen molar-refractivity contribution in [1.82, 2.24) is 14.7 Å². The maximum absolute atomic E-state index is 13.5. The summed E-state index contributed by atoms with van der Waals surface area (Å²) in [5, 5.41) is 4.44. The molecule has 2 heterocycles. The lowest BCUT2D eigenvalue weighted by Gasteiger charge is -2.30. The van der Waals surface area contributed by atoms with Crippen molar-refractivity contribution in [3.05, 3.63) is 39.9 Å². The minimum atomic E-state index is -0.493. The average molecular weight is 317 g/mol. The van der Waals surface area contributed by atoms with Crippen molar-refractivity contribution in [3.63, 3.8) is 0 Å². The molecule has 0 N–H and O–H groups in total. The second-order valence-electron chi connectivity index (χ2n) is 6.13. The molecule has 1 aliphatic heterocycles. The van der Waals surface area contributed by atoms with Gasteiger partial charge in [-0.3, -0.25) is 14.3 Å². The quantitative estimate of drug-likeness (QED) is 0.855. The Balaban J connectivity index is 2.08. The fourth-order valence-corrected chi connectivity index (χ4v) is 3.01. The molecule has 0 saturated carbocycles. The number of fused-ring (bicyclic) bond motifs is 1. The molecule has 0 spiro atoms. The molecule has 3 rings (SSSR count). The highest BCUT2D eigenvalue weighted by Crippen LogP contribution is 2.18. The fourth-order valence-electron chi connectivity index (χ4n) is 3.01. The Morgan fingerprint density at radius 1 is 1.35 bits per heavy atom. The van der Waals surface area contributed by atoms with E-state index >= 15 is 0 Å². The lowest BCUT2D eigenvalue weighted by molar-refractivity contribution is 0.0687. The number of benzene rings is 1. The van der Waals surface area contributed by atoms with E-state index in [9.17, 15) is 14.0 Å². The third-order valence-electron chi connectivity index (χ3n) is 4.49. The Kier molecular flexibility index (Phi) is 4.15. The number of carbonyl (C=O) groups is 1. The van der Waals surface area contributed by atoms with Crippen LogP contribution in [0.3, 0.4) is 0 Å². The number of hydrogen-bond acceptors (Lipinski definition) is 3. The van der Waals surface area contributed by atoms with E-state index in [1.165, 1.54) is 18.2 Å². The van der Waals surface area contributed by atoms with Gasteiger partial charge in [0.25, 0.3) is 5.91 Å². The van der Waals surface area contributed by atoms with Gasteiger partial charge in [-0.2, -0.15) is 5.10 Å². The number of rotatable bonds is 2. The number of likely N-dealkylation sites (tertiary alicyclic amines) is 1. The molecule has 1 aliphatic rings. The molecular formula is C17H20FN3O2. The summed E-state index contributed by atoms with van der Waals surface area (Å²) in [7, 11) is 0. The molecule has 1 aromatic heterocycles. The Morgan fingerprint density at radius 2 is 2.04 bits per heavy atom. The van der Waals surface area contributed by atoms with E-state index in [1.807, 2.05) is 6.92 Å². The molecule has 1 aromatic carbocycles. The van der Waals surface area contributed by atoms with Crippen LogP contribution < -0.4 is 5.43 Å². The standard InChI is InChI=1S/C17H20FN3O2/c1-3-21-14-5-4-12(18)10-13(14)16(22)15(19-21)17(23)20-8-6-11(2)7-9-20/h4-5,10-11H,3,6-9H2,1-2H3. The molecule has 2 aromatic rings. The van der Waals surface area contributed by atoms with Crippen LogP contribution >= 0.6 is 0 Å². The van der Waals surface area contributed by atoms with Gasteiger partial charge in [0, 0.05) is 19.6 Å². The van der Waals surface area contributed by atoms with Crippen molar-refractivity contribution in [3.8, 4) is 0 Å². The number of piperidine rings is 1. The number of nitrogens with zero attached hydrogens (tertiary/aromatic N) is 3. The van der Waals surface area contributed by atoms with Crippen LogP contribution in [0.25, 0.3) is 10.9 Å². The van der Waals surface area contributed by atoms with Crippen LogP contribution in [0.5, 0.6) is 0 Å². The lowest BCUT2D eigenvalue weighted by atomic mass is 9.99. The summed E-state index contributed by atoms with van der Waals surface area (Å²) in [6, 6.07) is 4.00. The molecule has 122 valence electrons. The van der Waals surface area contributed by atoms with Gasteiger partial charge in [-0.15, -0.1) is 0 Å². The number of aromatic nitrogens is 2. The van der Waals surface area contributed by atoms with Gasteiger partial charge in [0.2, 0.25) is 5.43 Å². The largest absolute Gasteiger partial charge is 0.337 e. The minimum absolute atomic E-state index is 0.112. The zero-order valence-electron chi connectivity index (χ0n) is 13.4. The monoisotopic (exact) mass is 317 g/mol. The summed E-state index contributed by atoms with van der Waals surface area (Å²) in [6.07, 6.45) is 1.85. The summed E-state index contributed by atoms with van der Waals surface area (Å²) in [4.78, 5) is 27.0. The first-order chi connectivity index (χ1) is 11.0. The van der Waals surface area contributed by atoms with Crippen LogP contribution in [-0.2, 0) is 6.54 Å². The Bertz CT molecular complexity index is 807. The van der Waals surface area contributed by atoms with E-state index in [1.54, 1.807) is 9.58 Å². The molecule has 0 radical (unpaired) electrons. The Morgan fingerprint density at radius 3 is 2.70 bits per heavy atom. The molecule has 6 heteroatoms. The summed E-state index contributed by atoms with van der Waals surface area (Å²) < 4.78 is 15.1. The predicted octanol–water partition coefficient (Wildman–Crippen LogP) is 2.43. The van der Waals surface area contributed by atoms with Crippen molar-refractivity contribution in [2.75, 3.05) is 13.1 Å². The van der Waals surface area contributed by atoms with E-state index in [4.69, 9.17) is 0 Å². The third-order valence-corrected chi connectivity index (χ3v) is 4.49. The molecular weight excluding hydrogens is 297 g/mol. The van der Waals surface area contributed by atoms with E-state index in [2.05, 4.69) is 12.0 Å². The normalized spacial score (nSPS) is 16.0. The molecule has 1 amide bonds. The first-order valence-electron chi connectivity index (χ1n) is 8.01. The first-order valence-corrected chi connectivity index (χ1v) is 8.01. The van der Waals surface area contributed by atoms with E-state index in [-0.39, 0.29) is 17.0 Å². The van der Waals surface area contributed by atoms with Crippen LogP contribution in [0.4, 0.5) is 4.39 Å². The molecule has 0 bridgehead atoms. The van der Waals surface area contributed by atoms with Gasteiger partial charge in [-0.1, -0.05) is 6.92 Å². The van der Waals surface area contributed by atoms with Crippen molar-refractivity contribution < 1.29 is 9.18 Å². The molecule has 5 nitrogen and oxygen atoms in total. The second kappa shape index (κ2) is 6.10. The van der Waals surface area contributed by atoms with Gasteiger partial charge in [-0.05, 0) is 43.9 Å². The highest BCUT2D eigenvalue weighted by Gasteiger charge is 2.26. The van der Waals surface area contributed by atoms with Gasteiger partial charge in [0.1, 0.15) is 5.82 Å². The van der Waals surface area contributed by atoms with Gasteiger partial charge >= 0.3 is 0 Å². The van der Waals surface area contributed by atoms with Crippen molar-refractivity contribution >= 4 is 16.8 Å². The van der Waals surface area contributed by atoms with E-state index < -0.39 is 11.2 Å². The maximum atomic E-state index is 13.5. The molecule has 0 aliphatic carbocycles. The Labute approximate surface area is 133 Å². The molecule has 1 fully saturated rings. The number of amides is 1. The summed E-state index contributed by atoms with van der Waals surface area (Å²) in [5.41, 5.74) is -0.0601. The number of aryl methyl sites for hydroxylation is 1. The lowest BCUT2D eigenvalue weighted by Crippen LogP contribution is -2.41. The smallest absolute Gasteiger partial charge is 0.278 e. The van der Waals surface area contributed by atoms with Gasteiger partial charge in [-0.25, -0.2) is 4.39 Å². The first kappa shape index (κ1) is 15.6. The van der Waals surface area contributed by atoms with E-state index in [0.717, 1.165) is 12.8 Å². The van der Waals surface area contributed by atoms with Crippen LogP contribution in [0.1, 0.15) is 37.2 Å². The molecule has 0 unspecified atom stereocenters. The number of halogens is 1. The molecule has 0 atom stereocenters. The van der Waals surface area contributed by atoms with Gasteiger partial charge in [0.15, 0.2) is 5.69 Å². The second-order valence-corrected chi connectivity index (χ2v) is 6.13. The highest BCUT2D eigenvalue weighted by molar-refractivity contribution is 5.95. The van der Waals surface area contributed by atoms with Crippen LogP contribution in [0.2, 0.25) is 0 Å². The van der Waals surface area contributed by atoms with Crippen LogP contribution in [0.15, 0.2) is 23.0 Å². The minimum Gasteiger partial charge on any atom is -0.337 e. The SMILES string of the molecule is CCn1nc(C(=O)N2CCC(C)CC2)c(=O)c2cc(F)ccc21. The summed E-state index contributed by atoms with van der Waals surface area (Å²) in [5.74, 6) is -0.256. The van der Waals surface area contributed by atoms with Crippen molar-refractivity contribution in [2.24, 2.45) is 5.92 Å². The van der Waals surface area contributed by atoms with Crippen molar-refractivity contribution in [2.45, 2.75) is 33.2 Å². The zero-order chi connectivity index (χ0) is 16.6. The van der Waals surface area contributed by atoms with E-state index in [0.29, 0.717) is 31.1 Å². The fraction of sp³-hybridized carbons (Fsp3) is 0.471. The number of carbonyl (C=O) groups excluding carboxylic acids is 1. The van der Waals surface area contributed by atoms with Gasteiger partial charge in [0.05, 0.1) is 10.9 Å². The topological polar surface area (TPSA) is 55.2 Å².